The van der Waals surface area contributed by atoms with Crippen LogP contribution in [0.1, 0.15) is 48.5 Å². The summed E-state index contributed by atoms with van der Waals surface area (Å²) < 4.78 is 5.99. The van der Waals surface area contributed by atoms with Crippen molar-refractivity contribution in [1.29, 1.82) is 5.26 Å². The van der Waals surface area contributed by atoms with Crippen molar-refractivity contribution in [2.75, 3.05) is 0 Å². The Kier molecular flexibility index (Phi) is 9.23. The fraction of sp³-hybridized carbons (Fsp3) is 0.867. The highest BCUT2D eigenvalue weighted by molar-refractivity contribution is 6.74. The maximum atomic E-state index is 9.50. The lowest BCUT2D eigenvalue weighted by Crippen LogP contribution is -2.44. The minimum Gasteiger partial charge on any atom is -0.401 e. The number of rotatable bonds is 4. The van der Waals surface area contributed by atoms with Crippen LogP contribution in [-0.4, -0.2) is 20.7 Å². The van der Waals surface area contributed by atoms with E-state index in [0.717, 1.165) is 6.29 Å². The molecule has 0 aliphatic rings. The molecule has 0 N–H and O–H groups in total. The number of carbonyl (C=O) groups excluding carboxylic acids is 1. The van der Waals surface area contributed by atoms with Crippen molar-refractivity contribution in [2.45, 2.75) is 72.7 Å². The summed E-state index contributed by atoms with van der Waals surface area (Å²) in [5.41, 5.74) is 0. The van der Waals surface area contributed by atoms with E-state index < -0.39 is 8.32 Å². The molecule has 0 aromatic heterocycles. The van der Waals surface area contributed by atoms with E-state index in [1.807, 2.05) is 27.7 Å². The monoisotopic (exact) mass is 285 g/mol. The van der Waals surface area contributed by atoms with Gasteiger partial charge in [0.15, 0.2) is 8.32 Å². The Morgan fingerprint density at radius 2 is 1.53 bits per heavy atom. The molecule has 4 heteroatoms. The van der Waals surface area contributed by atoms with Gasteiger partial charge in [-0.1, -0.05) is 48.5 Å². The minimum absolute atomic E-state index is 0.178. The zero-order valence-electron chi connectivity index (χ0n) is 14.1. The highest BCUT2D eigenvalue weighted by Gasteiger charge is 2.39. The van der Waals surface area contributed by atoms with E-state index in [2.05, 4.69) is 39.9 Å². The summed E-state index contributed by atoms with van der Waals surface area (Å²) in [7, 11) is -1.77. The van der Waals surface area contributed by atoms with Crippen LogP contribution in [0.15, 0.2) is 0 Å². The van der Waals surface area contributed by atoms with Gasteiger partial charge in [0.1, 0.15) is 12.4 Å². The average molecular weight is 286 g/mol. The van der Waals surface area contributed by atoms with Gasteiger partial charge in [0.25, 0.3) is 0 Å². The smallest absolute Gasteiger partial charge is 0.193 e. The number of nitriles is 1. The number of aldehydes is 1. The largest absolute Gasteiger partial charge is 0.401 e. The van der Waals surface area contributed by atoms with E-state index in [-0.39, 0.29) is 23.0 Å². The maximum Gasteiger partial charge on any atom is 0.193 e. The highest BCUT2D eigenvalue weighted by atomic mass is 28.4. The second kappa shape index (κ2) is 8.50. The van der Waals surface area contributed by atoms with Crippen molar-refractivity contribution in [1.82, 2.24) is 0 Å². The summed E-state index contributed by atoms with van der Waals surface area (Å²) >= 11 is 0. The third-order valence-electron chi connectivity index (χ3n) is 3.23. The second-order valence-electron chi connectivity index (χ2n) is 7.05. The van der Waals surface area contributed by atoms with Gasteiger partial charge >= 0.3 is 0 Å². The molecule has 0 radical (unpaired) electrons. The van der Waals surface area contributed by atoms with Gasteiger partial charge in [0.05, 0.1) is 6.07 Å². The first-order chi connectivity index (χ1) is 8.39. The second-order valence-corrected chi connectivity index (χ2v) is 11.8. The molecule has 0 bridgehead atoms. The van der Waals surface area contributed by atoms with Gasteiger partial charge in [-0.3, -0.25) is 0 Å². The van der Waals surface area contributed by atoms with E-state index in [0.29, 0.717) is 0 Å². The van der Waals surface area contributed by atoms with E-state index in [1.165, 1.54) is 0 Å². The molecule has 19 heavy (non-hydrogen) atoms. The minimum atomic E-state index is -1.77. The summed E-state index contributed by atoms with van der Waals surface area (Å²) in [5, 5.41) is 9.15. The molecule has 0 rings (SSSR count). The molecule has 1 unspecified atom stereocenters. The van der Waals surface area contributed by atoms with Crippen LogP contribution in [0.4, 0.5) is 0 Å². The average Bonchev–Trinajstić information content (AvgIpc) is 2.24. The van der Waals surface area contributed by atoms with Crippen molar-refractivity contribution in [3.05, 3.63) is 0 Å². The van der Waals surface area contributed by atoms with E-state index in [9.17, 15) is 4.79 Å². The van der Waals surface area contributed by atoms with Crippen molar-refractivity contribution < 1.29 is 9.22 Å². The molecule has 0 heterocycles. The van der Waals surface area contributed by atoms with E-state index in [1.54, 1.807) is 0 Å². The molecule has 0 saturated carbocycles. The fourth-order valence-corrected chi connectivity index (χ4v) is 2.12. The number of carbonyl (C=O) groups is 1. The van der Waals surface area contributed by atoms with Gasteiger partial charge in [-0.05, 0) is 24.1 Å². The van der Waals surface area contributed by atoms with Crippen molar-refractivity contribution >= 4 is 14.6 Å². The van der Waals surface area contributed by atoms with Crippen molar-refractivity contribution in [2.24, 2.45) is 11.8 Å². The molecular weight excluding hydrogens is 254 g/mol. The van der Waals surface area contributed by atoms with Gasteiger partial charge in [0.2, 0.25) is 0 Å². The van der Waals surface area contributed by atoms with E-state index >= 15 is 0 Å². The third kappa shape index (κ3) is 8.96. The Balaban J connectivity index is 0. The lowest BCUT2D eigenvalue weighted by atomic mass is 10.1. The van der Waals surface area contributed by atoms with Crippen LogP contribution in [0.25, 0.3) is 0 Å². The molecule has 0 aliphatic carbocycles. The first kappa shape index (κ1) is 20.7. The lowest BCUT2D eigenvalue weighted by molar-refractivity contribution is -0.110. The normalized spacial score (nSPS) is 13.6. The predicted molar refractivity (Wildman–Crippen MR) is 83.4 cm³/mol. The van der Waals surface area contributed by atoms with Crippen LogP contribution in [0.5, 0.6) is 0 Å². The van der Waals surface area contributed by atoms with Crippen LogP contribution in [0, 0.1) is 23.2 Å². The number of nitrogens with zero attached hydrogens (tertiary/aromatic N) is 1. The molecule has 0 aliphatic heterocycles. The third-order valence-corrected chi connectivity index (χ3v) is 7.69. The summed E-state index contributed by atoms with van der Waals surface area (Å²) in [6, 6.07) is 2.24. The molecule has 0 aromatic carbocycles. The zero-order chi connectivity index (χ0) is 15.9. The molecule has 0 spiro atoms. The van der Waals surface area contributed by atoms with Crippen molar-refractivity contribution in [3.8, 4) is 6.07 Å². The predicted octanol–water partition coefficient (Wildman–Crippen LogP) is 4.40. The first-order valence-electron chi connectivity index (χ1n) is 6.91. The number of hydrogen-bond donors (Lipinski definition) is 0. The molecule has 3 nitrogen and oxygen atoms in total. The van der Waals surface area contributed by atoms with Crippen LogP contribution in [0.2, 0.25) is 18.1 Å². The summed E-state index contributed by atoms with van der Waals surface area (Å²) in [4.78, 5) is 9.50. The Morgan fingerprint density at radius 3 is 1.68 bits per heavy atom. The molecule has 112 valence electrons. The van der Waals surface area contributed by atoms with Gasteiger partial charge in [-0.15, -0.1) is 0 Å². The van der Waals surface area contributed by atoms with E-state index in [4.69, 9.17) is 9.69 Å². The molecular formula is C15H31NO2Si. The Labute approximate surface area is 120 Å². The fourth-order valence-electron chi connectivity index (χ4n) is 0.806. The van der Waals surface area contributed by atoms with Gasteiger partial charge in [-0.25, -0.2) is 0 Å². The SMILES string of the molecule is CC(C)C(C#N)O[Si](C)(C)C(C)(C)C.CC(C)C=O. The first-order valence-corrected chi connectivity index (χ1v) is 9.82. The molecule has 0 saturated heterocycles. The highest BCUT2D eigenvalue weighted by Crippen LogP contribution is 2.37. The molecule has 0 fully saturated rings. The quantitative estimate of drug-likeness (QED) is 0.568. The summed E-state index contributed by atoms with van der Waals surface area (Å²) in [6.07, 6.45) is 0.663. The van der Waals surface area contributed by atoms with Crippen LogP contribution >= 0.6 is 0 Å². The number of hydrogen-bond acceptors (Lipinski definition) is 3. The zero-order valence-corrected chi connectivity index (χ0v) is 15.1. The Bertz CT molecular complexity index is 298. The Hall–Kier alpha value is -0.663. The Morgan fingerprint density at radius 1 is 1.16 bits per heavy atom. The van der Waals surface area contributed by atoms with Gasteiger partial charge in [0, 0.05) is 5.92 Å². The topological polar surface area (TPSA) is 50.1 Å². The van der Waals surface area contributed by atoms with Crippen molar-refractivity contribution in [3.63, 3.8) is 0 Å². The molecule has 1 atom stereocenters. The lowest BCUT2D eigenvalue weighted by Gasteiger charge is -2.38. The van der Waals surface area contributed by atoms with Gasteiger partial charge in [-0.2, -0.15) is 5.26 Å². The summed E-state index contributed by atoms with van der Waals surface area (Å²) in [5.74, 6) is 0.476. The van der Waals surface area contributed by atoms with Crippen LogP contribution in [0.3, 0.4) is 0 Å². The van der Waals surface area contributed by atoms with Gasteiger partial charge < -0.3 is 9.22 Å². The molecule has 0 amide bonds. The van der Waals surface area contributed by atoms with Crippen LogP contribution < -0.4 is 0 Å². The standard InChI is InChI=1S/C11H23NOSi.C4H8O/c1-9(2)10(8-12)13-14(6,7)11(3,4)5;1-4(2)3-5/h9-10H,1-7H3;3-4H,1-2H3. The van der Waals surface area contributed by atoms with Crippen LogP contribution in [-0.2, 0) is 9.22 Å². The molecule has 0 aromatic rings. The summed E-state index contributed by atoms with van der Waals surface area (Å²) in [6.45, 7) is 18.7. The maximum absolute atomic E-state index is 9.50.